The van der Waals surface area contributed by atoms with Gasteiger partial charge in [0.2, 0.25) is 5.95 Å². The second kappa shape index (κ2) is 9.22. The number of aromatic nitrogens is 4. The molecule has 11 heteroatoms. The van der Waals surface area contributed by atoms with E-state index in [1.165, 1.54) is 0 Å². The molecule has 10 nitrogen and oxygen atoms in total. The highest BCUT2D eigenvalue weighted by Crippen LogP contribution is 2.48. The Kier molecular flexibility index (Phi) is 6.65. The first-order valence-electron chi connectivity index (χ1n) is 11.7. The lowest BCUT2D eigenvalue weighted by atomic mass is 9.77. The van der Waals surface area contributed by atoms with Crippen molar-refractivity contribution in [2.75, 3.05) is 30.4 Å². The van der Waals surface area contributed by atoms with Gasteiger partial charge >= 0.3 is 6.09 Å². The van der Waals surface area contributed by atoms with E-state index in [0.717, 1.165) is 25.0 Å². The van der Waals surface area contributed by atoms with Crippen LogP contribution in [0, 0.1) is 12.3 Å². The first kappa shape index (κ1) is 24.5. The smallest absolute Gasteiger partial charge is 0.410 e. The molecule has 3 N–H and O–H groups in total. The van der Waals surface area contributed by atoms with E-state index in [9.17, 15) is 9.90 Å². The van der Waals surface area contributed by atoms with E-state index in [1.807, 2.05) is 45.7 Å². The Morgan fingerprint density at radius 1 is 1.35 bits per heavy atom. The van der Waals surface area contributed by atoms with Crippen molar-refractivity contribution in [3.8, 4) is 0 Å². The molecule has 1 saturated heterocycles. The number of carbonyl (C=O) groups excluding carboxylic acids is 1. The third kappa shape index (κ3) is 5.38. The molecule has 0 aromatic carbocycles. The van der Waals surface area contributed by atoms with Gasteiger partial charge in [-0.3, -0.25) is 5.10 Å². The molecule has 1 amide bonds. The van der Waals surface area contributed by atoms with Gasteiger partial charge in [0.15, 0.2) is 11.6 Å². The number of H-pyrrole nitrogens is 1. The van der Waals surface area contributed by atoms with Crippen LogP contribution in [0.5, 0.6) is 0 Å². The molecular weight excluding hydrogens is 458 g/mol. The van der Waals surface area contributed by atoms with Gasteiger partial charge < -0.3 is 25.0 Å². The Hall–Kier alpha value is -2.59. The van der Waals surface area contributed by atoms with E-state index in [1.54, 1.807) is 11.1 Å². The highest BCUT2D eigenvalue weighted by Gasteiger charge is 2.48. The number of aliphatic hydroxyl groups excluding tert-OH is 1. The van der Waals surface area contributed by atoms with Crippen molar-refractivity contribution in [2.45, 2.75) is 71.1 Å². The van der Waals surface area contributed by atoms with Crippen molar-refractivity contribution in [3.63, 3.8) is 0 Å². The zero-order valence-electron chi connectivity index (χ0n) is 20.4. The Morgan fingerprint density at radius 3 is 2.68 bits per heavy atom. The van der Waals surface area contributed by atoms with Crippen LogP contribution in [-0.4, -0.2) is 74.1 Å². The van der Waals surface area contributed by atoms with Crippen LogP contribution < -0.4 is 10.2 Å². The topological polar surface area (TPSA) is 120 Å². The second-order valence-corrected chi connectivity index (χ2v) is 11.0. The molecule has 2 atom stereocenters. The summed E-state index contributed by atoms with van der Waals surface area (Å²) in [4.78, 5) is 25.1. The van der Waals surface area contributed by atoms with Crippen molar-refractivity contribution in [1.82, 2.24) is 25.1 Å². The first-order chi connectivity index (χ1) is 15.9. The number of anilines is 3. The van der Waals surface area contributed by atoms with Gasteiger partial charge in [-0.2, -0.15) is 10.1 Å². The fraction of sp³-hybridized carbons (Fsp3) is 0.652. The number of aliphatic hydroxyl groups is 1. The van der Waals surface area contributed by atoms with Crippen LogP contribution in [-0.2, 0) is 4.74 Å². The summed E-state index contributed by atoms with van der Waals surface area (Å²) in [6, 6.07) is 1.73. The third-order valence-corrected chi connectivity index (χ3v) is 6.98. The summed E-state index contributed by atoms with van der Waals surface area (Å²) in [7, 11) is 1.90. The molecule has 0 bridgehead atoms. The van der Waals surface area contributed by atoms with Crippen molar-refractivity contribution >= 4 is 35.3 Å². The van der Waals surface area contributed by atoms with Crippen LogP contribution in [0.15, 0.2) is 12.3 Å². The van der Waals surface area contributed by atoms with Gasteiger partial charge in [0.1, 0.15) is 10.6 Å². The number of amides is 1. The fourth-order valence-electron chi connectivity index (χ4n) is 4.90. The van der Waals surface area contributed by atoms with E-state index >= 15 is 0 Å². The van der Waals surface area contributed by atoms with Crippen LogP contribution in [0.3, 0.4) is 0 Å². The zero-order chi connectivity index (χ0) is 24.7. The molecule has 2 aromatic rings. The van der Waals surface area contributed by atoms with Gasteiger partial charge in [-0.1, -0.05) is 11.6 Å². The van der Waals surface area contributed by atoms with Gasteiger partial charge in [-0.15, -0.1) is 0 Å². The molecule has 1 aliphatic heterocycles. The summed E-state index contributed by atoms with van der Waals surface area (Å²) in [6.45, 7) is 8.80. The number of carbonyl (C=O) groups is 1. The van der Waals surface area contributed by atoms with E-state index in [4.69, 9.17) is 16.3 Å². The summed E-state index contributed by atoms with van der Waals surface area (Å²) in [6.07, 6.45) is 3.94. The average molecular weight is 492 g/mol. The van der Waals surface area contributed by atoms with E-state index in [2.05, 4.69) is 25.5 Å². The Labute approximate surface area is 205 Å². The molecule has 34 heavy (non-hydrogen) atoms. The van der Waals surface area contributed by atoms with E-state index in [-0.39, 0.29) is 17.6 Å². The number of rotatable bonds is 4. The Balaban J connectivity index is 1.42. The number of piperidine rings is 1. The molecule has 2 aromatic heterocycles. The molecular formula is C23H34ClN7O3. The minimum atomic E-state index is -0.511. The average Bonchev–Trinajstić information content (AvgIpc) is 3.30. The maximum atomic E-state index is 12.4. The van der Waals surface area contributed by atoms with Crippen molar-refractivity contribution in [2.24, 2.45) is 5.41 Å². The molecule has 1 saturated carbocycles. The van der Waals surface area contributed by atoms with Gasteiger partial charge in [0, 0.05) is 31.9 Å². The maximum absolute atomic E-state index is 12.4. The Morgan fingerprint density at radius 2 is 2.06 bits per heavy atom. The number of aryl methyl sites for hydroxylation is 1. The summed E-state index contributed by atoms with van der Waals surface area (Å²) in [5.41, 5.74) is 0.394. The number of likely N-dealkylation sites (N-methyl/N-ethyl adjacent to an activating group) is 1. The summed E-state index contributed by atoms with van der Waals surface area (Å²) in [5, 5.41) is 21.5. The molecule has 1 spiro atoms. The number of nitrogens with one attached hydrogen (secondary N) is 2. The Bertz CT molecular complexity index is 1030. The molecule has 2 aliphatic rings. The number of halogens is 1. The van der Waals surface area contributed by atoms with Gasteiger partial charge in [-0.25, -0.2) is 9.78 Å². The standard InChI is InChI=1S/C23H34ClN7O3/c1-14-10-18(29-28-14)26-19-15(24)13-25-20(27-19)30(5)16-11-23(12-17(16)32)6-8-31(9-7-23)21(33)34-22(2,3)4/h10,13,16-17,32H,6-9,11-12H2,1-5H3,(H2,25,26,27,28,29). The summed E-state index contributed by atoms with van der Waals surface area (Å²) in [5.74, 6) is 1.55. The molecule has 4 rings (SSSR count). The van der Waals surface area contributed by atoms with Gasteiger partial charge in [-0.05, 0) is 58.8 Å². The maximum Gasteiger partial charge on any atom is 0.410 e. The minimum absolute atomic E-state index is 0.0169. The van der Waals surface area contributed by atoms with Gasteiger partial charge in [0.25, 0.3) is 0 Å². The molecule has 3 heterocycles. The second-order valence-electron chi connectivity index (χ2n) is 10.5. The predicted molar refractivity (Wildman–Crippen MR) is 131 cm³/mol. The van der Waals surface area contributed by atoms with Crippen molar-refractivity contribution < 1.29 is 14.6 Å². The van der Waals surface area contributed by atoms with E-state index in [0.29, 0.717) is 42.1 Å². The lowest BCUT2D eigenvalue weighted by molar-refractivity contribution is 0.00927. The van der Waals surface area contributed by atoms with Crippen LogP contribution >= 0.6 is 11.6 Å². The fourth-order valence-corrected chi connectivity index (χ4v) is 5.04. The minimum Gasteiger partial charge on any atom is -0.444 e. The van der Waals surface area contributed by atoms with Crippen LogP contribution in [0.4, 0.5) is 22.4 Å². The lowest BCUT2D eigenvalue weighted by Gasteiger charge is -2.40. The molecule has 2 fully saturated rings. The first-order valence-corrected chi connectivity index (χ1v) is 12.0. The summed E-state index contributed by atoms with van der Waals surface area (Å²) < 4.78 is 5.52. The number of hydrogen-bond acceptors (Lipinski definition) is 8. The van der Waals surface area contributed by atoms with Gasteiger partial charge in [0.05, 0.1) is 18.3 Å². The van der Waals surface area contributed by atoms with Crippen molar-refractivity contribution in [1.29, 1.82) is 0 Å². The number of ether oxygens (including phenoxy) is 1. The zero-order valence-corrected chi connectivity index (χ0v) is 21.2. The lowest BCUT2D eigenvalue weighted by Crippen LogP contribution is -2.45. The van der Waals surface area contributed by atoms with Crippen LogP contribution in [0.25, 0.3) is 0 Å². The number of likely N-dealkylation sites (tertiary alicyclic amines) is 1. The number of hydrogen-bond donors (Lipinski definition) is 3. The highest BCUT2D eigenvalue weighted by molar-refractivity contribution is 6.32. The van der Waals surface area contributed by atoms with Crippen molar-refractivity contribution in [3.05, 3.63) is 23.0 Å². The normalized spacial score (nSPS) is 22.1. The molecule has 186 valence electrons. The van der Waals surface area contributed by atoms with Crippen LogP contribution in [0.2, 0.25) is 5.02 Å². The largest absolute Gasteiger partial charge is 0.444 e. The molecule has 0 radical (unpaired) electrons. The predicted octanol–water partition coefficient (Wildman–Crippen LogP) is 3.88. The molecule has 2 unspecified atom stereocenters. The highest BCUT2D eigenvalue weighted by atomic mass is 35.5. The quantitative estimate of drug-likeness (QED) is 0.589. The third-order valence-electron chi connectivity index (χ3n) is 6.70. The van der Waals surface area contributed by atoms with E-state index < -0.39 is 11.7 Å². The number of nitrogens with zero attached hydrogens (tertiary/aromatic N) is 5. The monoisotopic (exact) mass is 491 g/mol. The van der Waals surface area contributed by atoms with Crippen LogP contribution in [0.1, 0.15) is 52.1 Å². The molecule has 1 aliphatic carbocycles. The SMILES string of the molecule is Cc1cc(Nc2nc(N(C)C3CC4(CCN(C(=O)OC(C)(C)C)CC4)CC3O)ncc2Cl)n[nH]1. The number of aromatic amines is 1. The summed E-state index contributed by atoms with van der Waals surface area (Å²) >= 11 is 6.31.